The molecular formula is C16H31BN. The number of hydrogen-bond donors (Lipinski definition) is 1. The second-order valence-corrected chi connectivity index (χ2v) is 7.11. The van der Waals surface area contributed by atoms with Crippen LogP contribution in [0.3, 0.4) is 0 Å². The molecule has 2 rings (SSSR count). The lowest BCUT2D eigenvalue weighted by Gasteiger charge is -2.45. The van der Waals surface area contributed by atoms with Gasteiger partial charge in [0.1, 0.15) is 7.28 Å². The molecular weight excluding hydrogens is 217 g/mol. The van der Waals surface area contributed by atoms with Crippen LogP contribution < -0.4 is 5.32 Å². The third kappa shape index (κ3) is 3.76. The fraction of sp³-hybridized carbons (Fsp3) is 1.00. The van der Waals surface area contributed by atoms with Gasteiger partial charge < -0.3 is 5.32 Å². The summed E-state index contributed by atoms with van der Waals surface area (Å²) in [5.41, 5.74) is 0.743. The molecule has 0 unspecified atom stereocenters. The predicted octanol–water partition coefficient (Wildman–Crippen LogP) is 4.42. The lowest BCUT2D eigenvalue weighted by Crippen LogP contribution is -2.39. The van der Waals surface area contributed by atoms with Crippen molar-refractivity contribution < 1.29 is 0 Å². The molecule has 103 valence electrons. The fourth-order valence-electron chi connectivity index (χ4n) is 4.21. The molecule has 0 heterocycles. The molecule has 2 aliphatic rings. The maximum atomic E-state index is 3.64. The zero-order valence-corrected chi connectivity index (χ0v) is 12.7. The summed E-state index contributed by atoms with van der Waals surface area (Å²) in [6.45, 7) is 8.03. The van der Waals surface area contributed by atoms with Crippen LogP contribution in [0.5, 0.6) is 0 Å². The highest BCUT2D eigenvalue weighted by Crippen LogP contribution is 2.50. The third-order valence-electron chi connectivity index (χ3n) is 5.29. The van der Waals surface area contributed by atoms with Crippen LogP contribution in [0.15, 0.2) is 0 Å². The van der Waals surface area contributed by atoms with Crippen molar-refractivity contribution in [3.63, 3.8) is 0 Å². The van der Waals surface area contributed by atoms with Gasteiger partial charge >= 0.3 is 0 Å². The number of hydrogen-bond acceptors (Lipinski definition) is 1. The monoisotopic (exact) mass is 248 g/mol. The van der Waals surface area contributed by atoms with Gasteiger partial charge in [-0.3, -0.25) is 0 Å². The highest BCUT2D eigenvalue weighted by atomic mass is 14.9. The Morgan fingerprint density at radius 2 is 1.61 bits per heavy atom. The average Bonchev–Trinajstić information content (AvgIpc) is 2.35. The lowest BCUT2D eigenvalue weighted by molar-refractivity contribution is 0.107. The van der Waals surface area contributed by atoms with Gasteiger partial charge in [0.05, 0.1) is 0 Å². The quantitative estimate of drug-likeness (QED) is 0.726. The van der Waals surface area contributed by atoms with Gasteiger partial charge in [-0.15, -0.1) is 0 Å². The molecule has 0 aromatic carbocycles. The van der Waals surface area contributed by atoms with E-state index in [0.717, 1.165) is 29.6 Å². The van der Waals surface area contributed by atoms with Crippen LogP contribution in [-0.4, -0.2) is 19.9 Å². The summed E-state index contributed by atoms with van der Waals surface area (Å²) in [5.74, 6) is 1.69. The van der Waals surface area contributed by atoms with Crippen molar-refractivity contribution in [2.45, 2.75) is 89.8 Å². The van der Waals surface area contributed by atoms with Gasteiger partial charge in [-0.25, -0.2) is 0 Å². The van der Waals surface area contributed by atoms with Gasteiger partial charge in [-0.2, -0.15) is 0 Å². The molecule has 0 atom stereocenters. The third-order valence-corrected chi connectivity index (χ3v) is 5.29. The smallest absolute Gasteiger partial charge is 0.117 e. The topological polar surface area (TPSA) is 12.0 Å². The number of rotatable bonds is 4. The summed E-state index contributed by atoms with van der Waals surface area (Å²) in [7, 11) is 2.59. The van der Waals surface area contributed by atoms with E-state index in [1.165, 1.54) is 51.4 Å². The summed E-state index contributed by atoms with van der Waals surface area (Å²) in [4.78, 5) is 0. The molecule has 0 aromatic heterocycles. The summed E-state index contributed by atoms with van der Waals surface area (Å²) in [5, 5.41) is 3.64. The highest BCUT2D eigenvalue weighted by molar-refractivity contribution is 6.39. The Morgan fingerprint density at radius 3 is 2.11 bits per heavy atom. The molecule has 18 heavy (non-hydrogen) atoms. The molecule has 0 aliphatic heterocycles. The summed E-state index contributed by atoms with van der Waals surface area (Å²) >= 11 is 0. The Hall–Kier alpha value is 0.0249. The molecule has 0 saturated heterocycles. The van der Waals surface area contributed by atoms with Crippen LogP contribution in [0.25, 0.3) is 0 Å². The van der Waals surface area contributed by atoms with E-state index in [9.17, 15) is 0 Å². The minimum atomic E-state index is 0.743. The zero-order valence-electron chi connectivity index (χ0n) is 12.7. The van der Waals surface area contributed by atoms with E-state index >= 15 is 0 Å². The van der Waals surface area contributed by atoms with Crippen molar-refractivity contribution in [2.24, 2.45) is 5.41 Å². The standard InChI is InChI=1S/C16H31BN/c1-4-18-15-7-11-16(12-8-15)9-5-14(6-10-16)17-13(2)3/h13-15,18H,4-12H2,1-3H3. The Labute approximate surface area is 115 Å². The zero-order chi connectivity index (χ0) is 13.0. The van der Waals surface area contributed by atoms with Crippen LogP contribution in [-0.2, 0) is 0 Å². The Balaban J connectivity index is 1.75. The summed E-state index contributed by atoms with van der Waals surface area (Å²) < 4.78 is 0. The SMILES string of the molecule is CCNC1CCC2(CCC([B]C(C)C)CC2)CC1. The van der Waals surface area contributed by atoms with Gasteiger partial charge in [0.25, 0.3) is 0 Å². The largest absolute Gasteiger partial charge is 0.314 e. The first kappa shape index (κ1) is 14.4. The Kier molecular flexibility index (Phi) is 5.18. The van der Waals surface area contributed by atoms with Crippen LogP contribution in [0.2, 0.25) is 11.6 Å². The van der Waals surface area contributed by atoms with E-state index in [2.05, 4.69) is 33.4 Å². The van der Waals surface area contributed by atoms with E-state index in [1.54, 1.807) is 0 Å². The van der Waals surface area contributed by atoms with Crippen molar-refractivity contribution >= 4 is 7.28 Å². The Morgan fingerprint density at radius 1 is 1.06 bits per heavy atom. The minimum absolute atomic E-state index is 0.743. The van der Waals surface area contributed by atoms with Crippen molar-refractivity contribution in [1.82, 2.24) is 5.32 Å². The molecule has 2 heteroatoms. The van der Waals surface area contributed by atoms with Gasteiger partial charge in [0.15, 0.2) is 0 Å². The molecule has 2 fully saturated rings. The molecule has 0 aromatic rings. The van der Waals surface area contributed by atoms with Crippen LogP contribution in [0.4, 0.5) is 0 Å². The van der Waals surface area contributed by atoms with Gasteiger partial charge in [0, 0.05) is 6.04 Å². The fourth-order valence-corrected chi connectivity index (χ4v) is 4.21. The second-order valence-electron chi connectivity index (χ2n) is 7.11. The first-order valence-corrected chi connectivity index (χ1v) is 8.22. The molecule has 1 spiro atoms. The lowest BCUT2D eigenvalue weighted by atomic mass is 9.49. The van der Waals surface area contributed by atoms with Gasteiger partial charge in [0.2, 0.25) is 0 Å². The van der Waals surface area contributed by atoms with Crippen LogP contribution in [0, 0.1) is 5.41 Å². The molecule has 2 aliphatic carbocycles. The molecule has 0 amide bonds. The molecule has 1 nitrogen and oxygen atoms in total. The van der Waals surface area contributed by atoms with Gasteiger partial charge in [-0.05, 0) is 50.5 Å². The molecule has 1 N–H and O–H groups in total. The van der Waals surface area contributed by atoms with E-state index in [1.807, 2.05) is 0 Å². The van der Waals surface area contributed by atoms with E-state index in [-0.39, 0.29) is 0 Å². The molecule has 0 bridgehead atoms. The van der Waals surface area contributed by atoms with E-state index < -0.39 is 0 Å². The normalized spacial score (nSPS) is 37.1. The maximum Gasteiger partial charge on any atom is 0.117 e. The first-order chi connectivity index (χ1) is 8.63. The average molecular weight is 248 g/mol. The minimum Gasteiger partial charge on any atom is -0.314 e. The molecule has 2 saturated carbocycles. The van der Waals surface area contributed by atoms with E-state index in [0.29, 0.717) is 0 Å². The molecule has 1 radical (unpaired) electrons. The first-order valence-electron chi connectivity index (χ1n) is 8.22. The maximum absolute atomic E-state index is 3.64. The Bertz CT molecular complexity index is 233. The second kappa shape index (κ2) is 6.46. The van der Waals surface area contributed by atoms with Gasteiger partial charge in [-0.1, -0.05) is 45.2 Å². The van der Waals surface area contributed by atoms with Crippen molar-refractivity contribution in [2.75, 3.05) is 6.54 Å². The highest BCUT2D eigenvalue weighted by Gasteiger charge is 2.38. The predicted molar refractivity (Wildman–Crippen MR) is 81.4 cm³/mol. The summed E-state index contributed by atoms with van der Waals surface area (Å²) in [6.07, 6.45) is 11.7. The van der Waals surface area contributed by atoms with Crippen molar-refractivity contribution in [3.05, 3.63) is 0 Å². The van der Waals surface area contributed by atoms with Crippen molar-refractivity contribution in [1.29, 1.82) is 0 Å². The van der Waals surface area contributed by atoms with Crippen molar-refractivity contribution in [3.8, 4) is 0 Å². The van der Waals surface area contributed by atoms with Crippen LogP contribution >= 0.6 is 0 Å². The summed E-state index contributed by atoms with van der Waals surface area (Å²) in [6, 6.07) is 0.820. The van der Waals surface area contributed by atoms with E-state index in [4.69, 9.17) is 0 Å². The number of nitrogens with one attached hydrogen (secondary N) is 1. The van der Waals surface area contributed by atoms with Crippen LogP contribution in [0.1, 0.15) is 72.1 Å².